The summed E-state index contributed by atoms with van der Waals surface area (Å²) in [6.07, 6.45) is 3.57. The summed E-state index contributed by atoms with van der Waals surface area (Å²) in [5.41, 5.74) is 1.86. The van der Waals surface area contributed by atoms with E-state index in [0.717, 1.165) is 19.3 Å². The predicted molar refractivity (Wildman–Crippen MR) is 78.6 cm³/mol. The molecule has 4 heteroatoms. The zero-order valence-electron chi connectivity index (χ0n) is 12.3. The van der Waals surface area contributed by atoms with Crippen molar-refractivity contribution >= 4 is 11.9 Å². The fourth-order valence-corrected chi connectivity index (χ4v) is 1.82. The van der Waals surface area contributed by atoms with Gasteiger partial charge in [0, 0.05) is 12.1 Å². The van der Waals surface area contributed by atoms with Crippen LogP contribution in [0.25, 0.3) is 0 Å². The van der Waals surface area contributed by atoms with Gasteiger partial charge in [-0.05, 0) is 37.5 Å². The van der Waals surface area contributed by atoms with Crippen LogP contribution in [0.4, 0.5) is 0 Å². The number of unbranched alkanes of at least 4 members (excludes halogenated alkanes) is 1. The van der Waals surface area contributed by atoms with Gasteiger partial charge in [0.15, 0.2) is 0 Å². The Hall–Kier alpha value is -1.84. The van der Waals surface area contributed by atoms with Gasteiger partial charge in [0.2, 0.25) is 0 Å². The molecule has 0 unspecified atom stereocenters. The standard InChI is InChI=1S/C16H23NO3/c1-3-5-6-13-7-9-14(10-8-13)16(19)17-12-11-15(18)20-4-2/h7-10H,3-6,11-12H2,1-2H3,(H,17,19). The highest BCUT2D eigenvalue weighted by molar-refractivity contribution is 5.94. The van der Waals surface area contributed by atoms with Crippen LogP contribution in [0, 0.1) is 0 Å². The summed E-state index contributed by atoms with van der Waals surface area (Å²) in [5, 5.41) is 2.71. The first kappa shape index (κ1) is 16.2. The number of aryl methyl sites for hydroxylation is 1. The molecule has 0 atom stereocenters. The smallest absolute Gasteiger partial charge is 0.307 e. The van der Waals surface area contributed by atoms with Crippen molar-refractivity contribution in [2.45, 2.75) is 39.5 Å². The summed E-state index contributed by atoms with van der Waals surface area (Å²) in [4.78, 5) is 23.0. The Balaban J connectivity index is 2.37. The van der Waals surface area contributed by atoms with E-state index in [1.54, 1.807) is 6.92 Å². The summed E-state index contributed by atoms with van der Waals surface area (Å²) < 4.78 is 4.79. The molecule has 0 fully saturated rings. The van der Waals surface area contributed by atoms with Crippen LogP contribution >= 0.6 is 0 Å². The number of carbonyl (C=O) groups is 2. The summed E-state index contributed by atoms with van der Waals surface area (Å²) in [6.45, 7) is 4.59. The second-order valence-corrected chi connectivity index (χ2v) is 4.61. The van der Waals surface area contributed by atoms with E-state index in [2.05, 4.69) is 12.2 Å². The number of rotatable bonds is 8. The molecule has 1 N–H and O–H groups in total. The normalized spacial score (nSPS) is 10.1. The van der Waals surface area contributed by atoms with E-state index in [1.807, 2.05) is 24.3 Å². The second-order valence-electron chi connectivity index (χ2n) is 4.61. The zero-order chi connectivity index (χ0) is 14.8. The molecule has 0 saturated heterocycles. The molecule has 0 aliphatic heterocycles. The lowest BCUT2D eigenvalue weighted by Crippen LogP contribution is -2.26. The Morgan fingerprint density at radius 3 is 2.45 bits per heavy atom. The molecular weight excluding hydrogens is 254 g/mol. The van der Waals surface area contributed by atoms with Crippen LogP contribution in [0.2, 0.25) is 0 Å². The van der Waals surface area contributed by atoms with Gasteiger partial charge in [-0.15, -0.1) is 0 Å². The van der Waals surface area contributed by atoms with E-state index in [9.17, 15) is 9.59 Å². The molecular formula is C16H23NO3. The molecule has 20 heavy (non-hydrogen) atoms. The van der Waals surface area contributed by atoms with Crippen molar-refractivity contribution in [3.63, 3.8) is 0 Å². The Kier molecular flexibility index (Phi) is 7.40. The molecule has 0 spiro atoms. The van der Waals surface area contributed by atoms with Gasteiger partial charge < -0.3 is 10.1 Å². The number of hydrogen-bond acceptors (Lipinski definition) is 3. The lowest BCUT2D eigenvalue weighted by Gasteiger charge is -2.06. The Morgan fingerprint density at radius 2 is 1.85 bits per heavy atom. The van der Waals surface area contributed by atoms with Crippen LogP contribution in [0.5, 0.6) is 0 Å². The highest BCUT2D eigenvalue weighted by atomic mass is 16.5. The van der Waals surface area contributed by atoms with E-state index in [0.29, 0.717) is 18.7 Å². The quantitative estimate of drug-likeness (QED) is 0.743. The second kappa shape index (κ2) is 9.13. The van der Waals surface area contributed by atoms with Crippen molar-refractivity contribution in [1.82, 2.24) is 5.32 Å². The minimum absolute atomic E-state index is 0.156. The number of carbonyl (C=O) groups excluding carboxylic acids is 2. The van der Waals surface area contributed by atoms with Crippen LogP contribution in [0.3, 0.4) is 0 Å². The minimum atomic E-state index is -0.289. The fraction of sp³-hybridized carbons (Fsp3) is 0.500. The number of esters is 1. The maximum atomic E-state index is 11.8. The van der Waals surface area contributed by atoms with Crippen LogP contribution < -0.4 is 5.32 Å². The highest BCUT2D eigenvalue weighted by Crippen LogP contribution is 2.07. The van der Waals surface area contributed by atoms with Crippen LogP contribution in [-0.2, 0) is 16.0 Å². The number of nitrogens with one attached hydrogen (secondary N) is 1. The Morgan fingerprint density at radius 1 is 1.15 bits per heavy atom. The van der Waals surface area contributed by atoms with Crippen molar-refractivity contribution in [2.75, 3.05) is 13.2 Å². The van der Waals surface area contributed by atoms with Gasteiger partial charge in [-0.1, -0.05) is 25.5 Å². The number of ether oxygens (including phenoxy) is 1. The average Bonchev–Trinajstić information content (AvgIpc) is 2.46. The first-order valence-corrected chi connectivity index (χ1v) is 7.20. The van der Waals surface area contributed by atoms with Gasteiger partial charge in [-0.2, -0.15) is 0 Å². The maximum Gasteiger partial charge on any atom is 0.307 e. The monoisotopic (exact) mass is 277 g/mol. The molecule has 1 aromatic rings. The van der Waals surface area contributed by atoms with Crippen molar-refractivity contribution in [2.24, 2.45) is 0 Å². The zero-order valence-corrected chi connectivity index (χ0v) is 12.3. The van der Waals surface area contributed by atoms with Crippen molar-refractivity contribution in [1.29, 1.82) is 0 Å². The first-order valence-electron chi connectivity index (χ1n) is 7.20. The van der Waals surface area contributed by atoms with E-state index >= 15 is 0 Å². The van der Waals surface area contributed by atoms with Gasteiger partial charge in [0.1, 0.15) is 0 Å². The summed E-state index contributed by atoms with van der Waals surface area (Å²) >= 11 is 0. The highest BCUT2D eigenvalue weighted by Gasteiger charge is 2.07. The third-order valence-electron chi connectivity index (χ3n) is 2.96. The van der Waals surface area contributed by atoms with Gasteiger partial charge in [-0.25, -0.2) is 0 Å². The van der Waals surface area contributed by atoms with Crippen LogP contribution in [0.15, 0.2) is 24.3 Å². The topological polar surface area (TPSA) is 55.4 Å². The van der Waals surface area contributed by atoms with Crippen molar-refractivity contribution in [3.05, 3.63) is 35.4 Å². The SMILES string of the molecule is CCCCc1ccc(C(=O)NCCC(=O)OCC)cc1. The minimum Gasteiger partial charge on any atom is -0.466 e. The molecule has 110 valence electrons. The summed E-state index contributed by atoms with van der Waals surface area (Å²) in [5.74, 6) is -0.445. The fourth-order valence-electron chi connectivity index (χ4n) is 1.82. The molecule has 0 aromatic heterocycles. The number of hydrogen-bond donors (Lipinski definition) is 1. The van der Waals surface area contributed by atoms with E-state index in [-0.39, 0.29) is 18.3 Å². The third kappa shape index (κ3) is 5.87. The molecule has 0 aliphatic rings. The van der Waals surface area contributed by atoms with Crippen LogP contribution in [-0.4, -0.2) is 25.0 Å². The first-order chi connectivity index (χ1) is 9.67. The molecule has 0 aliphatic carbocycles. The maximum absolute atomic E-state index is 11.8. The Labute approximate surface area is 120 Å². The number of benzene rings is 1. The lowest BCUT2D eigenvalue weighted by atomic mass is 10.1. The summed E-state index contributed by atoms with van der Waals surface area (Å²) in [6, 6.07) is 7.61. The molecule has 0 saturated carbocycles. The average molecular weight is 277 g/mol. The molecule has 0 radical (unpaired) electrons. The van der Waals surface area contributed by atoms with E-state index < -0.39 is 0 Å². The Bertz CT molecular complexity index is 426. The van der Waals surface area contributed by atoms with E-state index in [1.165, 1.54) is 5.56 Å². The third-order valence-corrected chi connectivity index (χ3v) is 2.96. The molecule has 4 nitrogen and oxygen atoms in total. The molecule has 0 heterocycles. The molecule has 1 rings (SSSR count). The molecule has 0 bridgehead atoms. The van der Waals surface area contributed by atoms with Crippen molar-refractivity contribution in [3.8, 4) is 0 Å². The molecule has 1 aromatic carbocycles. The van der Waals surface area contributed by atoms with E-state index in [4.69, 9.17) is 4.74 Å². The van der Waals surface area contributed by atoms with Gasteiger partial charge >= 0.3 is 5.97 Å². The lowest BCUT2D eigenvalue weighted by molar-refractivity contribution is -0.142. The van der Waals surface area contributed by atoms with Gasteiger partial charge in [0.05, 0.1) is 13.0 Å². The summed E-state index contributed by atoms with van der Waals surface area (Å²) in [7, 11) is 0. The molecule has 1 amide bonds. The predicted octanol–water partition coefficient (Wildman–Crippen LogP) is 2.71. The number of amides is 1. The van der Waals surface area contributed by atoms with Gasteiger partial charge in [-0.3, -0.25) is 9.59 Å². The van der Waals surface area contributed by atoms with Crippen molar-refractivity contribution < 1.29 is 14.3 Å². The van der Waals surface area contributed by atoms with Crippen LogP contribution in [0.1, 0.15) is 49.0 Å². The largest absolute Gasteiger partial charge is 0.466 e. The van der Waals surface area contributed by atoms with Gasteiger partial charge in [0.25, 0.3) is 5.91 Å².